The van der Waals surface area contributed by atoms with Gasteiger partial charge in [0.1, 0.15) is 17.1 Å². The normalized spacial score (nSPS) is 17.8. The summed E-state index contributed by atoms with van der Waals surface area (Å²) >= 11 is 0. The Labute approximate surface area is 198 Å². The Kier molecular flexibility index (Phi) is 6.43. The molecule has 1 aliphatic heterocycles. The van der Waals surface area contributed by atoms with E-state index in [-0.39, 0.29) is 5.78 Å². The number of nitrogens with zero attached hydrogens (tertiary/aromatic N) is 1. The molecule has 1 fully saturated rings. The van der Waals surface area contributed by atoms with Gasteiger partial charge in [0, 0.05) is 17.5 Å². The molecule has 8 heteroatoms. The van der Waals surface area contributed by atoms with Crippen LogP contribution in [-0.2, 0) is 23.3 Å². The lowest BCUT2D eigenvalue weighted by atomic mass is 9.88. The minimum atomic E-state index is -1.30. The lowest BCUT2D eigenvalue weighted by Crippen LogP contribution is -2.43. The van der Waals surface area contributed by atoms with Crippen LogP contribution in [0.25, 0.3) is 11.0 Å². The fourth-order valence-corrected chi connectivity index (χ4v) is 4.50. The molecule has 3 amide bonds. The first-order chi connectivity index (χ1) is 16.2. The summed E-state index contributed by atoms with van der Waals surface area (Å²) < 4.78 is 11.3. The van der Waals surface area contributed by atoms with Crippen molar-refractivity contribution in [3.05, 3.63) is 64.9 Å². The number of methoxy groups -OCH3 is 1. The van der Waals surface area contributed by atoms with Crippen LogP contribution in [-0.4, -0.2) is 43.8 Å². The van der Waals surface area contributed by atoms with Crippen LogP contribution in [0.4, 0.5) is 4.79 Å². The zero-order valence-corrected chi connectivity index (χ0v) is 19.9. The largest absolute Gasteiger partial charge is 0.497 e. The van der Waals surface area contributed by atoms with Crippen molar-refractivity contribution in [2.75, 3.05) is 21.2 Å². The Hall–Kier alpha value is -3.65. The third kappa shape index (κ3) is 4.54. The molecule has 3 aromatic rings. The lowest BCUT2D eigenvalue weighted by Gasteiger charge is -2.23. The number of benzene rings is 2. The van der Waals surface area contributed by atoms with Crippen LogP contribution < -0.4 is 15.4 Å². The molecule has 0 bridgehead atoms. The number of nitrogens with one attached hydrogen (secondary N) is 2. The Morgan fingerprint density at radius 2 is 1.91 bits per heavy atom. The number of ether oxygens (including phenoxy) is 1. The maximum absolute atomic E-state index is 13.0. The summed E-state index contributed by atoms with van der Waals surface area (Å²) in [5.41, 5.74) is 1.92. The molecule has 178 valence electrons. The summed E-state index contributed by atoms with van der Waals surface area (Å²) in [4.78, 5) is 39.3. The van der Waals surface area contributed by atoms with E-state index in [1.54, 1.807) is 13.2 Å². The van der Waals surface area contributed by atoms with Gasteiger partial charge in [-0.3, -0.25) is 14.9 Å². The average Bonchev–Trinajstić information content (AvgIpc) is 3.33. The fraction of sp³-hybridized carbons (Fsp3) is 0.346. The van der Waals surface area contributed by atoms with Crippen LogP contribution in [0.3, 0.4) is 0 Å². The van der Waals surface area contributed by atoms with Gasteiger partial charge in [0.15, 0.2) is 11.3 Å². The van der Waals surface area contributed by atoms with Crippen molar-refractivity contribution in [2.45, 2.75) is 38.3 Å². The molecule has 0 radical (unpaired) electrons. The quantitative estimate of drug-likeness (QED) is 0.370. The fourth-order valence-electron chi connectivity index (χ4n) is 4.50. The van der Waals surface area contributed by atoms with Crippen molar-refractivity contribution in [3.8, 4) is 5.75 Å². The highest BCUT2D eigenvalue weighted by atomic mass is 16.5. The second kappa shape index (κ2) is 9.30. The third-order valence-corrected chi connectivity index (χ3v) is 6.14. The second-order valence-electron chi connectivity index (χ2n) is 8.97. The minimum absolute atomic E-state index is 0.0543. The molecular weight excluding hydrogens is 434 g/mol. The van der Waals surface area contributed by atoms with E-state index in [2.05, 4.69) is 15.5 Å². The first-order valence-electron chi connectivity index (χ1n) is 11.2. The third-order valence-electron chi connectivity index (χ3n) is 6.14. The Balaban J connectivity index is 1.61. The predicted molar refractivity (Wildman–Crippen MR) is 128 cm³/mol. The smallest absolute Gasteiger partial charge is 0.322 e. The number of carbonyl (C=O) groups excluding carboxylic acids is 3. The van der Waals surface area contributed by atoms with Gasteiger partial charge >= 0.3 is 6.03 Å². The van der Waals surface area contributed by atoms with Gasteiger partial charge in [0.2, 0.25) is 0 Å². The minimum Gasteiger partial charge on any atom is -0.497 e. The highest BCUT2D eigenvalue weighted by Crippen LogP contribution is 2.35. The molecule has 1 saturated heterocycles. The second-order valence-corrected chi connectivity index (χ2v) is 8.97. The number of amides is 3. The van der Waals surface area contributed by atoms with Crippen molar-refractivity contribution < 1.29 is 23.5 Å². The van der Waals surface area contributed by atoms with Gasteiger partial charge in [-0.15, -0.1) is 0 Å². The molecule has 1 aliphatic rings. The zero-order chi connectivity index (χ0) is 24.5. The summed E-state index contributed by atoms with van der Waals surface area (Å²) in [5, 5.41) is 6.02. The number of rotatable bonds is 9. The first-order valence-corrected chi connectivity index (χ1v) is 11.2. The van der Waals surface area contributed by atoms with E-state index in [1.165, 1.54) is 6.92 Å². The van der Waals surface area contributed by atoms with Crippen molar-refractivity contribution >= 4 is 28.7 Å². The molecule has 1 aromatic heterocycles. The van der Waals surface area contributed by atoms with Gasteiger partial charge in [-0.1, -0.05) is 12.1 Å². The average molecular weight is 464 g/mol. The van der Waals surface area contributed by atoms with E-state index < -0.39 is 17.5 Å². The molecule has 0 saturated carbocycles. The molecule has 34 heavy (non-hydrogen) atoms. The van der Waals surface area contributed by atoms with Gasteiger partial charge in [-0.2, -0.15) is 0 Å². The van der Waals surface area contributed by atoms with Gasteiger partial charge in [-0.05, 0) is 81.7 Å². The lowest BCUT2D eigenvalue weighted by molar-refractivity contribution is -0.125. The summed E-state index contributed by atoms with van der Waals surface area (Å²) in [7, 11) is 5.55. The van der Waals surface area contributed by atoms with Gasteiger partial charge in [0.05, 0.1) is 7.11 Å². The van der Waals surface area contributed by atoms with E-state index in [0.29, 0.717) is 41.9 Å². The van der Waals surface area contributed by atoms with Crippen LogP contribution in [0.2, 0.25) is 0 Å². The zero-order valence-electron chi connectivity index (χ0n) is 19.9. The van der Waals surface area contributed by atoms with Gasteiger partial charge in [0.25, 0.3) is 5.91 Å². The summed E-state index contributed by atoms with van der Waals surface area (Å²) in [5.74, 6) is 0.520. The molecule has 2 N–H and O–H groups in total. The van der Waals surface area contributed by atoms with Crippen LogP contribution in [0, 0.1) is 0 Å². The molecule has 0 aliphatic carbocycles. The summed E-state index contributed by atoms with van der Waals surface area (Å²) in [6.07, 6.45) is 1.42. The van der Waals surface area contributed by atoms with Gasteiger partial charge in [-0.25, -0.2) is 4.79 Å². The highest BCUT2D eigenvalue weighted by Gasteiger charge is 2.49. The standard InChI is InChI=1S/C26H29N3O5/c1-16(30)21-14-20(33-4)9-8-18(21)6-5-11-26(24(31)27-25(32)28-26)23-13-19-12-17(15-29(2)3)7-10-22(19)34-23/h7-10,12-14H,5-6,11,15H2,1-4H3,(H2,27,28,31,32)/t26-/m0/s1. The molecule has 2 aromatic carbocycles. The monoisotopic (exact) mass is 463 g/mol. The van der Waals surface area contributed by atoms with Crippen LogP contribution in [0.5, 0.6) is 5.75 Å². The van der Waals surface area contributed by atoms with Crippen LogP contribution in [0.1, 0.15) is 47.0 Å². The maximum atomic E-state index is 13.0. The molecular formula is C26H29N3O5. The molecule has 1 atom stereocenters. The number of urea groups is 1. The topological polar surface area (TPSA) is 101 Å². The Bertz CT molecular complexity index is 1260. The number of aryl methyl sites for hydroxylation is 1. The number of hydrogen-bond donors (Lipinski definition) is 2. The highest BCUT2D eigenvalue weighted by molar-refractivity contribution is 6.07. The van der Waals surface area contributed by atoms with E-state index in [4.69, 9.17) is 9.15 Å². The summed E-state index contributed by atoms with van der Waals surface area (Å²) in [6, 6.07) is 12.6. The van der Waals surface area contributed by atoms with E-state index in [1.807, 2.05) is 50.5 Å². The van der Waals surface area contributed by atoms with E-state index in [0.717, 1.165) is 23.1 Å². The molecule has 2 heterocycles. The Morgan fingerprint density at radius 1 is 1.12 bits per heavy atom. The first kappa shape index (κ1) is 23.5. The molecule has 0 spiro atoms. The maximum Gasteiger partial charge on any atom is 0.322 e. The number of fused-ring (bicyclic) bond motifs is 1. The van der Waals surface area contributed by atoms with E-state index in [9.17, 15) is 14.4 Å². The number of furan rings is 1. The SMILES string of the molecule is COc1ccc(CCC[C@@]2(c3cc4cc(CN(C)C)ccc4o3)NC(=O)NC2=O)c(C(C)=O)c1. The van der Waals surface area contributed by atoms with Crippen molar-refractivity contribution in [2.24, 2.45) is 0 Å². The van der Waals surface area contributed by atoms with Crippen LogP contribution in [0.15, 0.2) is 46.9 Å². The predicted octanol–water partition coefficient (Wildman–Crippen LogP) is 3.76. The van der Waals surface area contributed by atoms with Crippen molar-refractivity contribution in [3.63, 3.8) is 0 Å². The number of Topliss-reactive ketones (excluding diaryl/α,β-unsaturated/α-hetero) is 1. The number of hydrogen-bond acceptors (Lipinski definition) is 6. The van der Waals surface area contributed by atoms with E-state index >= 15 is 0 Å². The van der Waals surface area contributed by atoms with Crippen LogP contribution >= 0.6 is 0 Å². The van der Waals surface area contributed by atoms with Crippen molar-refractivity contribution in [1.82, 2.24) is 15.5 Å². The van der Waals surface area contributed by atoms with Crippen molar-refractivity contribution in [1.29, 1.82) is 0 Å². The number of ketones is 1. The molecule has 4 rings (SSSR count). The number of carbonyl (C=O) groups is 3. The number of imide groups is 1. The molecule has 8 nitrogen and oxygen atoms in total. The summed E-state index contributed by atoms with van der Waals surface area (Å²) in [6.45, 7) is 2.29. The van der Waals surface area contributed by atoms with Gasteiger partial charge < -0.3 is 19.4 Å². The Morgan fingerprint density at radius 3 is 2.56 bits per heavy atom. The molecule has 0 unspecified atom stereocenters.